The van der Waals surface area contributed by atoms with Crippen LogP contribution in [0.4, 0.5) is 0 Å². The molecule has 0 aromatic carbocycles. The van der Waals surface area contributed by atoms with E-state index in [1.54, 1.807) is 6.20 Å². The standard InChI is InChI=1S/C11H12BrN3O/c12-8-4-5-13-11-10(8)14-7-15(11)9-3-1-2-6-16-9/h4-5,7,9H,1-3,6H2. The Kier molecular flexibility index (Phi) is 2.65. The summed E-state index contributed by atoms with van der Waals surface area (Å²) in [4.78, 5) is 8.73. The maximum absolute atomic E-state index is 5.74. The van der Waals surface area contributed by atoms with Gasteiger partial charge in [-0.15, -0.1) is 0 Å². The molecule has 16 heavy (non-hydrogen) atoms. The lowest BCUT2D eigenvalue weighted by molar-refractivity contribution is -0.0298. The Morgan fingerprint density at radius 1 is 1.38 bits per heavy atom. The number of hydrogen-bond acceptors (Lipinski definition) is 3. The first-order valence-electron chi connectivity index (χ1n) is 5.45. The van der Waals surface area contributed by atoms with Crippen molar-refractivity contribution < 1.29 is 4.74 Å². The maximum Gasteiger partial charge on any atom is 0.163 e. The van der Waals surface area contributed by atoms with Crippen molar-refractivity contribution in [3.63, 3.8) is 0 Å². The van der Waals surface area contributed by atoms with E-state index in [1.165, 1.54) is 6.42 Å². The first-order valence-corrected chi connectivity index (χ1v) is 6.24. The van der Waals surface area contributed by atoms with Crippen LogP contribution in [0.25, 0.3) is 11.2 Å². The Bertz CT molecular complexity index is 505. The van der Waals surface area contributed by atoms with Gasteiger partial charge >= 0.3 is 0 Å². The molecule has 0 N–H and O–H groups in total. The molecule has 1 fully saturated rings. The molecule has 0 bridgehead atoms. The number of pyridine rings is 1. The van der Waals surface area contributed by atoms with Crippen molar-refractivity contribution in [2.45, 2.75) is 25.5 Å². The fourth-order valence-electron chi connectivity index (χ4n) is 2.06. The fourth-order valence-corrected chi connectivity index (χ4v) is 2.45. The normalized spacial score (nSPS) is 21.4. The predicted molar refractivity (Wildman–Crippen MR) is 64.1 cm³/mol. The maximum atomic E-state index is 5.74. The molecule has 84 valence electrons. The average molecular weight is 282 g/mol. The second-order valence-corrected chi connectivity index (χ2v) is 4.79. The molecule has 1 saturated heterocycles. The molecule has 2 aromatic rings. The first kappa shape index (κ1) is 10.2. The van der Waals surface area contributed by atoms with Gasteiger partial charge in [-0.05, 0) is 41.3 Å². The molecule has 0 spiro atoms. The molecule has 0 aliphatic carbocycles. The molecule has 0 amide bonds. The van der Waals surface area contributed by atoms with Crippen LogP contribution in [0, 0.1) is 0 Å². The number of halogens is 1. The number of ether oxygens (including phenoxy) is 1. The first-order chi connectivity index (χ1) is 7.86. The number of nitrogens with zero attached hydrogens (tertiary/aromatic N) is 3. The summed E-state index contributed by atoms with van der Waals surface area (Å²) < 4.78 is 8.74. The predicted octanol–water partition coefficient (Wildman–Crippen LogP) is 2.89. The minimum atomic E-state index is 0.0977. The molecule has 2 aromatic heterocycles. The van der Waals surface area contributed by atoms with Crippen LogP contribution in [-0.2, 0) is 4.74 Å². The van der Waals surface area contributed by atoms with Gasteiger partial charge < -0.3 is 4.74 Å². The summed E-state index contributed by atoms with van der Waals surface area (Å²) in [7, 11) is 0. The van der Waals surface area contributed by atoms with E-state index in [2.05, 4.69) is 25.9 Å². The van der Waals surface area contributed by atoms with Gasteiger partial charge in [0, 0.05) is 17.3 Å². The summed E-state index contributed by atoms with van der Waals surface area (Å²) in [5, 5.41) is 0. The van der Waals surface area contributed by atoms with Crippen molar-refractivity contribution in [1.29, 1.82) is 0 Å². The van der Waals surface area contributed by atoms with E-state index in [1.807, 2.05) is 17.0 Å². The highest BCUT2D eigenvalue weighted by atomic mass is 79.9. The topological polar surface area (TPSA) is 39.9 Å². The lowest BCUT2D eigenvalue weighted by Crippen LogP contribution is -2.17. The van der Waals surface area contributed by atoms with Crippen LogP contribution < -0.4 is 0 Å². The summed E-state index contributed by atoms with van der Waals surface area (Å²) >= 11 is 3.48. The quantitative estimate of drug-likeness (QED) is 0.807. The molecule has 0 radical (unpaired) electrons. The molecule has 1 aliphatic rings. The molecule has 3 heterocycles. The summed E-state index contributed by atoms with van der Waals surface area (Å²) in [6.07, 6.45) is 7.10. The van der Waals surface area contributed by atoms with Crippen LogP contribution in [0.2, 0.25) is 0 Å². The van der Waals surface area contributed by atoms with Gasteiger partial charge in [0.1, 0.15) is 11.7 Å². The van der Waals surface area contributed by atoms with Crippen LogP contribution in [0.3, 0.4) is 0 Å². The molecular formula is C11H12BrN3O. The lowest BCUT2D eigenvalue weighted by atomic mass is 10.2. The minimum absolute atomic E-state index is 0.0977. The van der Waals surface area contributed by atoms with E-state index in [0.29, 0.717) is 0 Å². The zero-order valence-corrected chi connectivity index (χ0v) is 10.4. The second kappa shape index (κ2) is 4.14. The monoisotopic (exact) mass is 281 g/mol. The summed E-state index contributed by atoms with van der Waals surface area (Å²) in [6, 6.07) is 1.90. The van der Waals surface area contributed by atoms with E-state index < -0.39 is 0 Å². The summed E-state index contributed by atoms with van der Waals surface area (Å²) in [5.41, 5.74) is 1.79. The van der Waals surface area contributed by atoms with Crippen LogP contribution in [0.1, 0.15) is 25.5 Å². The van der Waals surface area contributed by atoms with Crippen LogP contribution in [0.15, 0.2) is 23.1 Å². The van der Waals surface area contributed by atoms with Crippen LogP contribution in [0.5, 0.6) is 0 Å². The largest absolute Gasteiger partial charge is 0.358 e. The van der Waals surface area contributed by atoms with E-state index >= 15 is 0 Å². The number of hydrogen-bond donors (Lipinski definition) is 0. The van der Waals surface area contributed by atoms with Gasteiger partial charge in [0.25, 0.3) is 0 Å². The number of imidazole rings is 1. The molecule has 5 heteroatoms. The number of fused-ring (bicyclic) bond motifs is 1. The SMILES string of the molecule is Brc1ccnc2c1ncn2C1CCCCO1. The van der Waals surface area contributed by atoms with Gasteiger partial charge in [-0.1, -0.05) is 0 Å². The highest BCUT2D eigenvalue weighted by Crippen LogP contribution is 2.27. The van der Waals surface area contributed by atoms with Crippen molar-refractivity contribution in [3.8, 4) is 0 Å². The van der Waals surface area contributed by atoms with Crippen LogP contribution >= 0.6 is 15.9 Å². The van der Waals surface area contributed by atoms with Crippen molar-refractivity contribution >= 4 is 27.1 Å². The van der Waals surface area contributed by atoms with Crippen molar-refractivity contribution in [1.82, 2.24) is 14.5 Å². The second-order valence-electron chi connectivity index (χ2n) is 3.94. The Morgan fingerprint density at radius 3 is 3.12 bits per heavy atom. The Morgan fingerprint density at radius 2 is 2.31 bits per heavy atom. The summed E-state index contributed by atoms with van der Waals surface area (Å²) in [6.45, 7) is 0.832. The molecule has 1 atom stereocenters. The van der Waals surface area contributed by atoms with Crippen molar-refractivity contribution in [3.05, 3.63) is 23.1 Å². The Labute approximate surface area is 102 Å². The third-order valence-electron chi connectivity index (χ3n) is 2.88. The van der Waals surface area contributed by atoms with Gasteiger partial charge in [0.15, 0.2) is 5.65 Å². The Hall–Kier alpha value is -0.940. The molecule has 1 unspecified atom stereocenters. The number of aromatic nitrogens is 3. The summed E-state index contributed by atoms with van der Waals surface area (Å²) in [5.74, 6) is 0. The van der Waals surface area contributed by atoms with Crippen molar-refractivity contribution in [2.75, 3.05) is 6.61 Å². The Balaban J connectivity index is 2.06. The third kappa shape index (κ3) is 1.64. The average Bonchev–Trinajstić information content (AvgIpc) is 2.75. The fraction of sp³-hybridized carbons (Fsp3) is 0.455. The zero-order valence-electron chi connectivity index (χ0n) is 8.77. The molecule has 3 rings (SSSR count). The number of rotatable bonds is 1. The molecule has 0 saturated carbocycles. The zero-order chi connectivity index (χ0) is 11.0. The highest BCUT2D eigenvalue weighted by molar-refractivity contribution is 9.10. The van der Waals surface area contributed by atoms with Gasteiger partial charge in [-0.2, -0.15) is 0 Å². The van der Waals surface area contributed by atoms with E-state index in [0.717, 1.165) is 35.1 Å². The van der Waals surface area contributed by atoms with Crippen LogP contribution in [-0.4, -0.2) is 21.1 Å². The third-order valence-corrected chi connectivity index (χ3v) is 3.52. The van der Waals surface area contributed by atoms with Gasteiger partial charge in [0.05, 0.1) is 6.33 Å². The van der Waals surface area contributed by atoms with Gasteiger partial charge in [-0.25, -0.2) is 9.97 Å². The lowest BCUT2D eigenvalue weighted by Gasteiger charge is -2.23. The smallest absolute Gasteiger partial charge is 0.163 e. The van der Waals surface area contributed by atoms with E-state index in [9.17, 15) is 0 Å². The minimum Gasteiger partial charge on any atom is -0.358 e. The van der Waals surface area contributed by atoms with Gasteiger partial charge in [-0.3, -0.25) is 4.57 Å². The molecule has 4 nitrogen and oxygen atoms in total. The highest BCUT2D eigenvalue weighted by Gasteiger charge is 2.18. The van der Waals surface area contributed by atoms with E-state index in [-0.39, 0.29) is 6.23 Å². The van der Waals surface area contributed by atoms with E-state index in [4.69, 9.17) is 4.74 Å². The van der Waals surface area contributed by atoms with Gasteiger partial charge in [0.2, 0.25) is 0 Å². The molecule has 1 aliphatic heterocycles. The molecular weight excluding hydrogens is 270 g/mol. The van der Waals surface area contributed by atoms with Crippen molar-refractivity contribution in [2.24, 2.45) is 0 Å².